The summed E-state index contributed by atoms with van der Waals surface area (Å²) in [6.07, 6.45) is 3.57. The minimum absolute atomic E-state index is 0.0725. The van der Waals surface area contributed by atoms with E-state index in [1.807, 2.05) is 43.0 Å². The summed E-state index contributed by atoms with van der Waals surface area (Å²) in [6, 6.07) is 4.02. The monoisotopic (exact) mass is 348 g/mol. The summed E-state index contributed by atoms with van der Waals surface area (Å²) in [6.45, 7) is 3.80. The van der Waals surface area contributed by atoms with Gasteiger partial charge in [-0.15, -0.1) is 11.3 Å². The second-order valence-electron chi connectivity index (χ2n) is 6.82. The topological polar surface area (TPSA) is 60.3 Å². The lowest BCUT2D eigenvalue weighted by molar-refractivity contribution is -0.132. The molecule has 24 heavy (non-hydrogen) atoms. The Morgan fingerprint density at radius 1 is 1.33 bits per heavy atom. The van der Waals surface area contributed by atoms with Crippen LogP contribution in [0.25, 0.3) is 10.2 Å². The third-order valence-corrected chi connectivity index (χ3v) is 5.53. The lowest BCUT2D eigenvalue weighted by atomic mass is 10.1. The Kier molecular flexibility index (Phi) is 4.94. The van der Waals surface area contributed by atoms with Crippen molar-refractivity contribution in [2.75, 3.05) is 0 Å². The van der Waals surface area contributed by atoms with E-state index in [4.69, 9.17) is 4.74 Å². The molecule has 5 nitrogen and oxygen atoms in total. The molecule has 2 aromatic heterocycles. The Bertz CT molecular complexity index is 741. The number of aryl methyl sites for hydroxylation is 1. The normalized spacial score (nSPS) is 16.7. The van der Waals surface area contributed by atoms with E-state index in [0.717, 1.165) is 35.9 Å². The van der Waals surface area contributed by atoms with Crippen LogP contribution in [-0.4, -0.2) is 28.6 Å². The zero-order chi connectivity index (χ0) is 17.3. The number of carbonyl (C=O) groups is 2. The summed E-state index contributed by atoms with van der Waals surface area (Å²) in [4.78, 5) is 25.1. The van der Waals surface area contributed by atoms with E-state index in [1.165, 1.54) is 0 Å². The maximum absolute atomic E-state index is 12.6. The van der Waals surface area contributed by atoms with Crippen molar-refractivity contribution in [2.45, 2.75) is 51.7 Å². The molecule has 1 saturated carbocycles. The van der Waals surface area contributed by atoms with Crippen molar-refractivity contribution in [3.8, 4) is 0 Å². The molecule has 130 valence electrons. The van der Waals surface area contributed by atoms with Crippen molar-refractivity contribution in [1.29, 1.82) is 0 Å². The van der Waals surface area contributed by atoms with Crippen LogP contribution in [-0.2, 0) is 16.6 Å². The molecule has 1 aliphatic rings. The van der Waals surface area contributed by atoms with Gasteiger partial charge in [0.1, 0.15) is 5.69 Å². The number of hydrogen-bond acceptors (Lipinski definition) is 4. The summed E-state index contributed by atoms with van der Waals surface area (Å²) in [5.41, 5.74) is 1.49. The lowest BCUT2D eigenvalue weighted by Crippen LogP contribution is -2.44. The van der Waals surface area contributed by atoms with Gasteiger partial charge < -0.3 is 14.6 Å². The van der Waals surface area contributed by atoms with Gasteiger partial charge in [-0.1, -0.05) is 26.7 Å². The number of fused-ring (bicyclic) bond motifs is 1. The molecule has 0 aliphatic heterocycles. The van der Waals surface area contributed by atoms with E-state index >= 15 is 0 Å². The predicted molar refractivity (Wildman–Crippen MR) is 95.2 cm³/mol. The fourth-order valence-corrected chi connectivity index (χ4v) is 4.12. The van der Waals surface area contributed by atoms with Crippen LogP contribution >= 0.6 is 11.3 Å². The average molecular weight is 348 g/mol. The number of rotatable bonds is 5. The Labute approximate surface area is 146 Å². The van der Waals surface area contributed by atoms with Gasteiger partial charge >= 0.3 is 5.97 Å². The number of amides is 1. The summed E-state index contributed by atoms with van der Waals surface area (Å²) in [5, 5.41) is 5.02. The van der Waals surface area contributed by atoms with Crippen molar-refractivity contribution in [1.82, 2.24) is 9.88 Å². The van der Waals surface area contributed by atoms with Gasteiger partial charge in [0.25, 0.3) is 5.91 Å². The van der Waals surface area contributed by atoms with Crippen molar-refractivity contribution in [2.24, 2.45) is 13.0 Å². The fourth-order valence-electron chi connectivity index (χ4n) is 3.27. The number of carbonyl (C=O) groups excluding carboxylic acids is 2. The first kappa shape index (κ1) is 17.0. The number of esters is 1. The van der Waals surface area contributed by atoms with Gasteiger partial charge in [-0.2, -0.15) is 0 Å². The SMILES string of the molecule is CC(C)C(OC(=O)c1cc2sccc2n1C)C(=O)NC1CCCC1. The molecular weight excluding hydrogens is 324 g/mol. The van der Waals surface area contributed by atoms with Crippen LogP contribution < -0.4 is 5.32 Å². The molecule has 0 saturated heterocycles. The molecule has 0 radical (unpaired) electrons. The van der Waals surface area contributed by atoms with E-state index in [2.05, 4.69) is 5.32 Å². The standard InChI is InChI=1S/C18H24N2O3S/c1-11(2)16(17(21)19-12-6-4-5-7-12)23-18(22)14-10-15-13(20(14)3)8-9-24-15/h8-12,16H,4-7H2,1-3H3,(H,19,21). The highest BCUT2D eigenvalue weighted by Gasteiger charge is 2.30. The quantitative estimate of drug-likeness (QED) is 0.842. The third-order valence-electron chi connectivity index (χ3n) is 4.67. The molecule has 0 aromatic carbocycles. The fraction of sp³-hybridized carbons (Fsp3) is 0.556. The van der Waals surface area contributed by atoms with E-state index in [-0.39, 0.29) is 17.9 Å². The number of hydrogen-bond donors (Lipinski definition) is 1. The molecule has 1 fully saturated rings. The van der Waals surface area contributed by atoms with Crippen LogP contribution in [0, 0.1) is 5.92 Å². The highest BCUT2D eigenvalue weighted by atomic mass is 32.1. The van der Waals surface area contributed by atoms with Gasteiger partial charge in [0, 0.05) is 13.1 Å². The van der Waals surface area contributed by atoms with E-state index < -0.39 is 12.1 Å². The van der Waals surface area contributed by atoms with E-state index in [1.54, 1.807) is 11.3 Å². The highest BCUT2D eigenvalue weighted by molar-refractivity contribution is 7.17. The van der Waals surface area contributed by atoms with Crippen LogP contribution in [0.3, 0.4) is 0 Å². The predicted octanol–water partition coefficient (Wildman–Crippen LogP) is 3.48. The van der Waals surface area contributed by atoms with Crippen LogP contribution in [0.4, 0.5) is 0 Å². The second kappa shape index (κ2) is 6.97. The molecule has 0 spiro atoms. The van der Waals surface area contributed by atoms with Crippen molar-refractivity contribution in [3.05, 3.63) is 23.2 Å². The first-order chi connectivity index (χ1) is 11.5. The Morgan fingerprint density at radius 2 is 2.04 bits per heavy atom. The average Bonchev–Trinajstić information content (AvgIpc) is 3.24. The molecule has 1 N–H and O–H groups in total. The number of nitrogens with one attached hydrogen (secondary N) is 1. The molecule has 1 atom stereocenters. The van der Waals surface area contributed by atoms with Gasteiger partial charge in [0.05, 0.1) is 10.2 Å². The molecule has 0 bridgehead atoms. The summed E-state index contributed by atoms with van der Waals surface area (Å²) in [7, 11) is 1.84. The number of ether oxygens (including phenoxy) is 1. The lowest BCUT2D eigenvalue weighted by Gasteiger charge is -2.23. The minimum Gasteiger partial charge on any atom is -0.447 e. The summed E-state index contributed by atoms with van der Waals surface area (Å²) in [5.74, 6) is -0.695. The van der Waals surface area contributed by atoms with Crippen molar-refractivity contribution < 1.29 is 14.3 Å². The molecule has 1 aliphatic carbocycles. The largest absolute Gasteiger partial charge is 0.447 e. The molecule has 2 heterocycles. The van der Waals surface area contributed by atoms with Gasteiger partial charge in [-0.05, 0) is 36.3 Å². The molecule has 1 unspecified atom stereocenters. The first-order valence-electron chi connectivity index (χ1n) is 8.51. The van der Waals surface area contributed by atoms with Crippen molar-refractivity contribution in [3.63, 3.8) is 0 Å². The Morgan fingerprint density at radius 3 is 2.67 bits per heavy atom. The molecule has 3 rings (SSSR count). The molecule has 1 amide bonds. The first-order valence-corrected chi connectivity index (χ1v) is 9.39. The molecular formula is C18H24N2O3S. The zero-order valence-corrected chi connectivity index (χ0v) is 15.2. The number of aromatic nitrogens is 1. The Hall–Kier alpha value is -1.82. The van der Waals surface area contributed by atoms with Crippen LogP contribution in [0.2, 0.25) is 0 Å². The minimum atomic E-state index is -0.758. The molecule has 6 heteroatoms. The van der Waals surface area contributed by atoms with Gasteiger partial charge in [-0.3, -0.25) is 4.79 Å². The zero-order valence-electron chi connectivity index (χ0n) is 14.4. The van der Waals surface area contributed by atoms with Gasteiger partial charge in [0.2, 0.25) is 0 Å². The van der Waals surface area contributed by atoms with Crippen LogP contribution in [0.15, 0.2) is 17.5 Å². The third kappa shape index (κ3) is 3.34. The van der Waals surface area contributed by atoms with Crippen LogP contribution in [0.5, 0.6) is 0 Å². The number of thiophene rings is 1. The maximum atomic E-state index is 12.6. The molecule has 2 aromatic rings. The van der Waals surface area contributed by atoms with E-state index in [9.17, 15) is 9.59 Å². The second-order valence-corrected chi connectivity index (χ2v) is 7.77. The van der Waals surface area contributed by atoms with Gasteiger partial charge in [-0.25, -0.2) is 4.79 Å². The van der Waals surface area contributed by atoms with Crippen molar-refractivity contribution >= 4 is 33.4 Å². The highest BCUT2D eigenvalue weighted by Crippen LogP contribution is 2.25. The van der Waals surface area contributed by atoms with Gasteiger partial charge in [0.15, 0.2) is 6.10 Å². The smallest absolute Gasteiger partial charge is 0.355 e. The number of nitrogens with zero attached hydrogens (tertiary/aromatic N) is 1. The summed E-state index contributed by atoms with van der Waals surface area (Å²) < 4.78 is 8.45. The van der Waals surface area contributed by atoms with Crippen LogP contribution in [0.1, 0.15) is 50.0 Å². The van der Waals surface area contributed by atoms with E-state index in [0.29, 0.717) is 5.69 Å². The Balaban J connectivity index is 1.72. The maximum Gasteiger partial charge on any atom is 0.355 e. The summed E-state index contributed by atoms with van der Waals surface area (Å²) >= 11 is 1.58.